The van der Waals surface area contributed by atoms with Crippen LogP contribution in [0.5, 0.6) is 5.88 Å². The molecule has 3 atom stereocenters. The molecule has 2 aromatic heterocycles. The third kappa shape index (κ3) is 3.23. The van der Waals surface area contributed by atoms with Crippen molar-refractivity contribution in [1.82, 2.24) is 20.1 Å². The topological polar surface area (TPSA) is 88.2 Å². The zero-order valence-corrected chi connectivity index (χ0v) is 15.9. The van der Waals surface area contributed by atoms with Gasteiger partial charge in [-0.3, -0.25) is 10.00 Å². The van der Waals surface area contributed by atoms with Gasteiger partial charge in [-0.1, -0.05) is 6.07 Å². The van der Waals surface area contributed by atoms with E-state index in [-0.39, 0.29) is 24.1 Å². The van der Waals surface area contributed by atoms with Gasteiger partial charge in [0.2, 0.25) is 5.88 Å². The van der Waals surface area contributed by atoms with Gasteiger partial charge < -0.3 is 4.74 Å². The Balaban J connectivity index is 1.47. The lowest BCUT2D eigenvalue weighted by molar-refractivity contribution is 0.0582. The van der Waals surface area contributed by atoms with Gasteiger partial charge in [-0.05, 0) is 45.6 Å². The number of piperidine rings is 1. The highest BCUT2D eigenvalue weighted by atomic mass is 32.2. The van der Waals surface area contributed by atoms with E-state index in [1.165, 1.54) is 0 Å². The first kappa shape index (κ1) is 17.5. The maximum atomic E-state index is 13.0. The van der Waals surface area contributed by atoms with E-state index in [4.69, 9.17) is 4.74 Å². The van der Waals surface area contributed by atoms with Crippen molar-refractivity contribution in [3.63, 3.8) is 0 Å². The lowest BCUT2D eigenvalue weighted by atomic mass is 10.0. The van der Waals surface area contributed by atoms with E-state index < -0.39 is 9.84 Å². The summed E-state index contributed by atoms with van der Waals surface area (Å²) in [6, 6.07) is 6.12. The Labute approximate surface area is 153 Å². The Morgan fingerprint density at radius 3 is 2.54 bits per heavy atom. The minimum atomic E-state index is -3.40. The van der Waals surface area contributed by atoms with Crippen LogP contribution in [-0.2, 0) is 9.84 Å². The normalized spacial score (nSPS) is 26.2. The Bertz CT molecular complexity index is 848. The smallest absolute Gasteiger partial charge is 0.213 e. The highest BCUT2D eigenvalue weighted by Gasteiger charge is 2.44. The Hall–Kier alpha value is -1.93. The molecule has 2 aromatic rings. The first-order chi connectivity index (χ1) is 12.4. The Morgan fingerprint density at radius 2 is 1.96 bits per heavy atom. The first-order valence-corrected chi connectivity index (χ1v) is 10.7. The van der Waals surface area contributed by atoms with Gasteiger partial charge in [0.15, 0.2) is 9.84 Å². The van der Waals surface area contributed by atoms with Crippen molar-refractivity contribution in [1.29, 1.82) is 0 Å². The first-order valence-electron chi connectivity index (χ1n) is 9.02. The average Bonchev–Trinajstić information content (AvgIpc) is 3.04. The summed E-state index contributed by atoms with van der Waals surface area (Å²) in [5.74, 6) is 0.697. The van der Waals surface area contributed by atoms with Crippen LogP contribution < -0.4 is 4.74 Å². The summed E-state index contributed by atoms with van der Waals surface area (Å²) in [5.41, 5.74) is 1.16. The molecule has 8 heteroatoms. The van der Waals surface area contributed by atoms with Crippen LogP contribution in [0.25, 0.3) is 0 Å². The SMILES string of the molecule is Cc1n[nH]c(C)c1S(=O)(=O)CN1[C@@H]2CC[C@H]1C[C@H](Oc1ccccn1)C2. The van der Waals surface area contributed by atoms with Gasteiger partial charge in [0.1, 0.15) is 16.9 Å². The van der Waals surface area contributed by atoms with Crippen molar-refractivity contribution >= 4 is 9.84 Å². The number of H-pyrrole nitrogens is 1. The van der Waals surface area contributed by atoms with Crippen LogP contribution in [-0.4, -0.2) is 52.6 Å². The fourth-order valence-electron chi connectivity index (χ4n) is 4.38. The molecule has 140 valence electrons. The van der Waals surface area contributed by atoms with Crippen LogP contribution in [0.15, 0.2) is 29.3 Å². The van der Waals surface area contributed by atoms with Crippen molar-refractivity contribution in [2.45, 2.75) is 62.6 Å². The fourth-order valence-corrected chi connectivity index (χ4v) is 6.33. The molecule has 0 aromatic carbocycles. The van der Waals surface area contributed by atoms with Gasteiger partial charge in [0.05, 0.1) is 11.4 Å². The van der Waals surface area contributed by atoms with Gasteiger partial charge in [0.25, 0.3) is 0 Å². The molecular formula is C18H24N4O3S. The summed E-state index contributed by atoms with van der Waals surface area (Å²) in [6.07, 6.45) is 5.54. The van der Waals surface area contributed by atoms with E-state index in [1.54, 1.807) is 20.0 Å². The Morgan fingerprint density at radius 1 is 1.23 bits per heavy atom. The summed E-state index contributed by atoms with van der Waals surface area (Å²) in [4.78, 5) is 6.74. The summed E-state index contributed by atoms with van der Waals surface area (Å²) < 4.78 is 31.9. The van der Waals surface area contributed by atoms with Gasteiger partial charge in [-0.15, -0.1) is 0 Å². The molecule has 1 N–H and O–H groups in total. The number of nitrogens with one attached hydrogen (secondary N) is 1. The molecule has 0 aliphatic carbocycles. The number of aryl methyl sites for hydroxylation is 2. The lowest BCUT2D eigenvalue weighted by Gasteiger charge is -2.38. The predicted octanol–water partition coefficient (Wildman–Crippen LogP) is 2.23. The van der Waals surface area contributed by atoms with E-state index in [9.17, 15) is 8.42 Å². The predicted molar refractivity (Wildman–Crippen MR) is 96.7 cm³/mol. The number of rotatable bonds is 5. The summed E-state index contributed by atoms with van der Waals surface area (Å²) in [6.45, 7) is 3.49. The molecule has 0 radical (unpaired) electrons. The number of aromatic nitrogens is 3. The number of nitrogens with zero attached hydrogens (tertiary/aromatic N) is 3. The minimum Gasteiger partial charge on any atom is -0.474 e. The van der Waals surface area contributed by atoms with Crippen LogP contribution in [0.4, 0.5) is 0 Å². The van der Waals surface area contributed by atoms with Crippen LogP contribution >= 0.6 is 0 Å². The number of hydrogen-bond acceptors (Lipinski definition) is 6. The second-order valence-electron chi connectivity index (χ2n) is 7.29. The largest absolute Gasteiger partial charge is 0.474 e. The molecule has 0 spiro atoms. The van der Waals surface area contributed by atoms with E-state index in [0.717, 1.165) is 25.7 Å². The lowest BCUT2D eigenvalue weighted by Crippen LogP contribution is -2.48. The number of aromatic amines is 1. The third-order valence-corrected chi connectivity index (χ3v) is 7.32. The van der Waals surface area contributed by atoms with Crippen molar-refractivity contribution in [2.75, 3.05) is 5.88 Å². The molecular weight excluding hydrogens is 352 g/mol. The minimum absolute atomic E-state index is 0.0554. The van der Waals surface area contributed by atoms with E-state index >= 15 is 0 Å². The maximum Gasteiger partial charge on any atom is 0.213 e. The molecule has 4 heterocycles. The van der Waals surface area contributed by atoms with Gasteiger partial charge in [0, 0.05) is 24.3 Å². The van der Waals surface area contributed by atoms with Crippen molar-refractivity contribution in [2.24, 2.45) is 0 Å². The van der Waals surface area contributed by atoms with E-state index in [2.05, 4.69) is 20.1 Å². The van der Waals surface area contributed by atoms with Crippen molar-refractivity contribution < 1.29 is 13.2 Å². The van der Waals surface area contributed by atoms with Gasteiger partial charge in [-0.2, -0.15) is 5.10 Å². The number of pyridine rings is 1. The second kappa shape index (κ2) is 6.66. The highest BCUT2D eigenvalue weighted by Crippen LogP contribution is 2.38. The molecule has 0 saturated carbocycles. The number of fused-ring (bicyclic) bond motifs is 2. The summed E-state index contributed by atoms with van der Waals surface area (Å²) >= 11 is 0. The van der Waals surface area contributed by atoms with Gasteiger partial charge >= 0.3 is 0 Å². The fraction of sp³-hybridized carbons (Fsp3) is 0.556. The highest BCUT2D eigenvalue weighted by molar-refractivity contribution is 7.91. The molecule has 2 aliphatic heterocycles. The maximum absolute atomic E-state index is 13.0. The second-order valence-corrected chi connectivity index (χ2v) is 9.18. The number of ether oxygens (including phenoxy) is 1. The van der Waals surface area contributed by atoms with Crippen molar-refractivity contribution in [3.8, 4) is 5.88 Å². The monoisotopic (exact) mass is 376 g/mol. The zero-order chi connectivity index (χ0) is 18.3. The van der Waals surface area contributed by atoms with E-state index in [0.29, 0.717) is 22.2 Å². The molecule has 2 bridgehead atoms. The van der Waals surface area contributed by atoms with Crippen LogP contribution in [0.3, 0.4) is 0 Å². The number of sulfone groups is 1. The van der Waals surface area contributed by atoms with Crippen LogP contribution in [0.2, 0.25) is 0 Å². The molecule has 4 rings (SSSR count). The molecule has 7 nitrogen and oxygen atoms in total. The van der Waals surface area contributed by atoms with Crippen molar-refractivity contribution in [3.05, 3.63) is 35.8 Å². The summed E-state index contributed by atoms with van der Waals surface area (Å²) in [7, 11) is -3.40. The molecule has 0 unspecified atom stereocenters. The Kier molecular flexibility index (Phi) is 4.48. The third-order valence-electron chi connectivity index (χ3n) is 5.46. The standard InChI is InChI=1S/C18H24N4O3S/c1-12-18(13(2)21-20-12)26(23,24)11-22-14-6-7-15(22)10-16(9-14)25-17-5-3-4-8-19-17/h3-5,8,14-16H,6-7,9-11H2,1-2H3,(H,20,21)/t14-,15+,16-. The molecule has 2 aliphatic rings. The van der Waals surface area contributed by atoms with Gasteiger partial charge in [-0.25, -0.2) is 13.4 Å². The quantitative estimate of drug-likeness (QED) is 0.861. The molecule has 0 amide bonds. The molecule has 2 fully saturated rings. The van der Waals surface area contributed by atoms with E-state index in [1.807, 2.05) is 18.2 Å². The zero-order valence-electron chi connectivity index (χ0n) is 15.1. The number of hydrogen-bond donors (Lipinski definition) is 1. The molecule has 26 heavy (non-hydrogen) atoms. The molecule has 2 saturated heterocycles. The van der Waals surface area contributed by atoms with Crippen LogP contribution in [0.1, 0.15) is 37.1 Å². The average molecular weight is 376 g/mol. The van der Waals surface area contributed by atoms with Crippen LogP contribution in [0, 0.1) is 13.8 Å². The summed E-state index contributed by atoms with van der Waals surface area (Å²) in [5, 5.41) is 6.82.